The molecule has 2 aromatic rings. The number of carbonyl (C=O) groups excluding carboxylic acids is 1. The molecule has 0 bridgehead atoms. The predicted molar refractivity (Wildman–Crippen MR) is 81.7 cm³/mol. The Labute approximate surface area is 125 Å². The van der Waals surface area contributed by atoms with Gasteiger partial charge in [0, 0.05) is 25.4 Å². The molecule has 0 saturated heterocycles. The molecule has 1 atom stereocenters. The van der Waals surface area contributed by atoms with Gasteiger partial charge in [0.2, 0.25) is 5.91 Å². The molecule has 3 rings (SSSR count). The second-order valence-corrected chi connectivity index (χ2v) is 5.58. The Hall–Kier alpha value is -2.10. The van der Waals surface area contributed by atoms with Crippen molar-refractivity contribution in [3.63, 3.8) is 0 Å². The molecule has 0 aliphatic heterocycles. The summed E-state index contributed by atoms with van der Waals surface area (Å²) in [4.78, 5) is 12.1. The molecule has 1 aliphatic carbocycles. The van der Waals surface area contributed by atoms with Gasteiger partial charge >= 0.3 is 0 Å². The fraction of sp³-hybridized carbons (Fsp3) is 0.412. The summed E-state index contributed by atoms with van der Waals surface area (Å²) < 4.78 is 1.86. The molecule has 1 N–H and O–H groups in total. The highest BCUT2D eigenvalue weighted by Crippen LogP contribution is 2.29. The van der Waals surface area contributed by atoms with Crippen LogP contribution in [0, 0.1) is 0 Å². The topological polar surface area (TPSA) is 46.9 Å². The highest BCUT2D eigenvalue weighted by atomic mass is 16.1. The fourth-order valence-corrected chi connectivity index (χ4v) is 3.00. The van der Waals surface area contributed by atoms with Crippen LogP contribution in [0.1, 0.15) is 42.9 Å². The first-order chi connectivity index (χ1) is 10.3. The minimum atomic E-state index is 0.142. The lowest BCUT2D eigenvalue weighted by molar-refractivity contribution is -0.122. The predicted octanol–water partition coefficient (Wildman–Crippen LogP) is 2.86. The summed E-state index contributed by atoms with van der Waals surface area (Å²) in [6.45, 7) is 0.793. The third-order valence-electron chi connectivity index (χ3n) is 4.05. The molecule has 0 radical (unpaired) electrons. The van der Waals surface area contributed by atoms with E-state index in [4.69, 9.17) is 0 Å². The van der Waals surface area contributed by atoms with Crippen LogP contribution in [-0.4, -0.2) is 15.7 Å². The van der Waals surface area contributed by atoms with E-state index in [2.05, 4.69) is 34.7 Å². The molecule has 1 heterocycles. The minimum absolute atomic E-state index is 0.142. The van der Waals surface area contributed by atoms with Crippen LogP contribution in [0.3, 0.4) is 0 Å². The average Bonchev–Trinajstić information content (AvgIpc) is 3.01. The largest absolute Gasteiger partial charge is 0.349 e. The SMILES string of the molecule is O=C(CCCn1cccn1)N[C@H]1CCCc2ccccc21. The summed E-state index contributed by atoms with van der Waals surface area (Å²) in [7, 11) is 0. The van der Waals surface area contributed by atoms with Gasteiger partial charge in [0.25, 0.3) is 0 Å². The Kier molecular flexibility index (Phi) is 4.34. The van der Waals surface area contributed by atoms with Gasteiger partial charge in [-0.25, -0.2) is 0 Å². The lowest BCUT2D eigenvalue weighted by Crippen LogP contribution is -2.30. The number of fused-ring (bicyclic) bond motifs is 1. The maximum Gasteiger partial charge on any atom is 0.220 e. The molecule has 4 nitrogen and oxygen atoms in total. The molecule has 1 aliphatic rings. The molecule has 0 fully saturated rings. The highest BCUT2D eigenvalue weighted by Gasteiger charge is 2.20. The third kappa shape index (κ3) is 3.51. The van der Waals surface area contributed by atoms with E-state index in [9.17, 15) is 4.79 Å². The number of hydrogen-bond acceptors (Lipinski definition) is 2. The number of nitrogens with one attached hydrogen (secondary N) is 1. The van der Waals surface area contributed by atoms with Crippen molar-refractivity contribution in [2.45, 2.75) is 44.7 Å². The van der Waals surface area contributed by atoms with Crippen molar-refractivity contribution >= 4 is 5.91 Å². The summed E-state index contributed by atoms with van der Waals surface area (Å²) in [5.41, 5.74) is 2.68. The molecule has 0 unspecified atom stereocenters. The summed E-state index contributed by atoms with van der Waals surface area (Å²) in [6.07, 6.45) is 8.38. The van der Waals surface area contributed by atoms with E-state index in [1.165, 1.54) is 11.1 Å². The number of aryl methyl sites for hydroxylation is 2. The van der Waals surface area contributed by atoms with E-state index in [0.29, 0.717) is 6.42 Å². The van der Waals surface area contributed by atoms with E-state index in [1.54, 1.807) is 6.20 Å². The maximum atomic E-state index is 12.1. The summed E-state index contributed by atoms with van der Waals surface area (Å²) >= 11 is 0. The minimum Gasteiger partial charge on any atom is -0.349 e. The Bertz CT molecular complexity index is 592. The number of benzene rings is 1. The highest BCUT2D eigenvalue weighted by molar-refractivity contribution is 5.76. The molecule has 110 valence electrons. The quantitative estimate of drug-likeness (QED) is 0.917. The molecule has 1 aromatic carbocycles. The van der Waals surface area contributed by atoms with Gasteiger partial charge in [-0.3, -0.25) is 9.48 Å². The van der Waals surface area contributed by atoms with E-state index < -0.39 is 0 Å². The van der Waals surface area contributed by atoms with E-state index in [1.807, 2.05) is 16.9 Å². The second kappa shape index (κ2) is 6.57. The lowest BCUT2D eigenvalue weighted by Gasteiger charge is -2.26. The van der Waals surface area contributed by atoms with Gasteiger partial charge in [0.05, 0.1) is 6.04 Å². The number of rotatable bonds is 5. The normalized spacial score (nSPS) is 17.2. The van der Waals surface area contributed by atoms with Crippen molar-refractivity contribution in [2.24, 2.45) is 0 Å². The fourth-order valence-electron chi connectivity index (χ4n) is 3.00. The number of amides is 1. The number of carbonyl (C=O) groups is 1. The Morgan fingerprint density at radius 3 is 3.10 bits per heavy atom. The Morgan fingerprint density at radius 2 is 2.24 bits per heavy atom. The molecule has 0 spiro atoms. The van der Waals surface area contributed by atoms with Crippen LogP contribution in [0.15, 0.2) is 42.7 Å². The smallest absolute Gasteiger partial charge is 0.220 e. The van der Waals surface area contributed by atoms with Crippen molar-refractivity contribution in [2.75, 3.05) is 0 Å². The standard InChI is InChI=1S/C17H21N3O/c21-17(10-4-12-20-13-5-11-18-20)19-16-9-3-7-14-6-1-2-8-15(14)16/h1-2,5-6,8,11,13,16H,3-4,7,9-10,12H2,(H,19,21)/t16-/m0/s1. The monoisotopic (exact) mass is 283 g/mol. The Balaban J connectivity index is 1.51. The maximum absolute atomic E-state index is 12.1. The van der Waals surface area contributed by atoms with Crippen LogP contribution in [-0.2, 0) is 17.8 Å². The summed E-state index contributed by atoms with van der Waals surface area (Å²) in [5.74, 6) is 0.142. The molecule has 4 heteroatoms. The van der Waals surface area contributed by atoms with E-state index >= 15 is 0 Å². The van der Waals surface area contributed by atoms with Gasteiger partial charge in [-0.1, -0.05) is 24.3 Å². The van der Waals surface area contributed by atoms with Gasteiger partial charge in [0.15, 0.2) is 0 Å². The molecule has 21 heavy (non-hydrogen) atoms. The van der Waals surface area contributed by atoms with Crippen LogP contribution in [0.2, 0.25) is 0 Å². The van der Waals surface area contributed by atoms with Gasteiger partial charge in [-0.15, -0.1) is 0 Å². The zero-order valence-corrected chi connectivity index (χ0v) is 12.2. The second-order valence-electron chi connectivity index (χ2n) is 5.58. The van der Waals surface area contributed by atoms with Gasteiger partial charge in [0.1, 0.15) is 0 Å². The third-order valence-corrected chi connectivity index (χ3v) is 4.05. The molecule has 1 aromatic heterocycles. The van der Waals surface area contributed by atoms with Crippen molar-refractivity contribution in [3.8, 4) is 0 Å². The van der Waals surface area contributed by atoms with E-state index in [-0.39, 0.29) is 11.9 Å². The van der Waals surface area contributed by atoms with Gasteiger partial charge in [-0.2, -0.15) is 5.10 Å². The number of aromatic nitrogens is 2. The zero-order chi connectivity index (χ0) is 14.5. The van der Waals surface area contributed by atoms with Crippen molar-refractivity contribution < 1.29 is 4.79 Å². The lowest BCUT2D eigenvalue weighted by atomic mass is 9.87. The first-order valence-electron chi connectivity index (χ1n) is 7.67. The summed E-state index contributed by atoms with van der Waals surface area (Å²) in [6, 6.07) is 10.5. The average molecular weight is 283 g/mol. The molecular formula is C17H21N3O. The molecule has 0 saturated carbocycles. The first kappa shape index (κ1) is 13.9. The van der Waals surface area contributed by atoms with Crippen LogP contribution in [0.25, 0.3) is 0 Å². The van der Waals surface area contributed by atoms with Crippen LogP contribution in [0.4, 0.5) is 0 Å². The van der Waals surface area contributed by atoms with Crippen LogP contribution < -0.4 is 5.32 Å². The van der Waals surface area contributed by atoms with E-state index in [0.717, 1.165) is 32.2 Å². The van der Waals surface area contributed by atoms with Crippen molar-refractivity contribution in [1.29, 1.82) is 0 Å². The van der Waals surface area contributed by atoms with Crippen molar-refractivity contribution in [1.82, 2.24) is 15.1 Å². The van der Waals surface area contributed by atoms with Crippen molar-refractivity contribution in [3.05, 3.63) is 53.9 Å². The van der Waals surface area contributed by atoms with Crippen LogP contribution in [0.5, 0.6) is 0 Å². The number of hydrogen-bond donors (Lipinski definition) is 1. The van der Waals surface area contributed by atoms with Crippen LogP contribution >= 0.6 is 0 Å². The molecule has 1 amide bonds. The molecular weight excluding hydrogens is 262 g/mol. The number of nitrogens with zero attached hydrogens (tertiary/aromatic N) is 2. The Morgan fingerprint density at radius 1 is 1.33 bits per heavy atom. The summed E-state index contributed by atoms with van der Waals surface area (Å²) in [5, 5.41) is 7.33. The van der Waals surface area contributed by atoms with Gasteiger partial charge in [-0.05, 0) is 42.9 Å². The first-order valence-corrected chi connectivity index (χ1v) is 7.67. The zero-order valence-electron chi connectivity index (χ0n) is 12.2. The van der Waals surface area contributed by atoms with Gasteiger partial charge < -0.3 is 5.32 Å².